The van der Waals surface area contributed by atoms with Gasteiger partial charge in [0.05, 0.1) is 0 Å². The van der Waals surface area contributed by atoms with Crippen molar-refractivity contribution in [2.24, 2.45) is 16.2 Å². The van der Waals surface area contributed by atoms with E-state index in [1.807, 2.05) is 228 Å². The Hall–Kier alpha value is -6.04. The second-order valence-corrected chi connectivity index (χ2v) is 32.2. The van der Waals surface area contributed by atoms with Crippen LogP contribution < -0.4 is 0 Å². The third-order valence-electron chi connectivity index (χ3n) is 15.6. The standard InChI is InChI=1S/C74H112O12/c1-26-50(66(2,3)4)62(79)51(67(5,6)7)29-27-28-30-58(75)83-43-74(44-84-59(76)34-31-47-37-52(68(8,9)10)63(80)53(38-47)69(11,12)13,45-85-60(77)35-32-48-39-54(70(14,15)16)64(81)55(40-48)71(17,18)19)46-86-61(78)36-33-49-41-56(72(20,21)22)65(82)57(42-49)73(23,24)25/h26-27,29,37-42,79-82H,28,30-36,43-46H2,1-25H3/b29-27+,50-26+,62-51-. The van der Waals surface area contributed by atoms with Crippen LogP contribution in [-0.2, 0) is 89.9 Å². The molecule has 86 heavy (non-hydrogen) atoms. The van der Waals surface area contributed by atoms with E-state index in [4.69, 9.17) is 18.9 Å². The number of carbonyl (C=O) groups excluding carboxylic acids is 4. The molecule has 480 valence electrons. The van der Waals surface area contributed by atoms with Gasteiger partial charge in [-0.25, -0.2) is 0 Å². The largest absolute Gasteiger partial charge is 0.507 e. The van der Waals surface area contributed by atoms with E-state index in [2.05, 4.69) is 0 Å². The Bertz CT molecular complexity index is 2610. The summed E-state index contributed by atoms with van der Waals surface area (Å²) in [7, 11) is 0. The number of aryl methyl sites for hydroxylation is 3. The summed E-state index contributed by atoms with van der Waals surface area (Å²) in [5, 5.41) is 45.8. The SMILES string of the molecule is C\C=C(/C(O)=C(\C=C\CCC(=O)OCC(COC(=O)CCc1cc(C(C)(C)C)c(O)c(C(C)(C)C)c1)(COC(=O)CCc1cc(C(C)(C)C)c(O)c(C(C)(C)C)c1)COC(=O)CCc1cc(C(C)(C)C)c(O)c(C(C)(C)C)c1)C(C)(C)C)C(C)(C)C. The Morgan fingerprint density at radius 3 is 0.849 bits per heavy atom. The number of aliphatic hydroxyl groups is 1. The molecule has 0 bridgehead atoms. The summed E-state index contributed by atoms with van der Waals surface area (Å²) < 4.78 is 24.3. The Morgan fingerprint density at radius 1 is 0.395 bits per heavy atom. The first-order chi connectivity index (χ1) is 38.9. The van der Waals surface area contributed by atoms with Crippen LogP contribution in [0.3, 0.4) is 0 Å². The number of esters is 4. The molecule has 0 aliphatic heterocycles. The van der Waals surface area contributed by atoms with E-state index in [1.165, 1.54) is 0 Å². The Kier molecular flexibility index (Phi) is 24.5. The molecule has 12 heteroatoms. The van der Waals surface area contributed by atoms with Crippen molar-refractivity contribution in [3.63, 3.8) is 0 Å². The molecule has 0 atom stereocenters. The van der Waals surface area contributed by atoms with Gasteiger partial charge in [0, 0.05) is 25.7 Å². The topological polar surface area (TPSA) is 186 Å². The van der Waals surface area contributed by atoms with E-state index in [0.717, 1.165) is 55.6 Å². The van der Waals surface area contributed by atoms with Crippen LogP contribution in [-0.4, -0.2) is 70.7 Å². The molecular weight excluding hydrogens is 1080 g/mol. The summed E-state index contributed by atoms with van der Waals surface area (Å²) in [5.41, 5.74) is 3.79. The second kappa shape index (κ2) is 28.4. The second-order valence-electron chi connectivity index (χ2n) is 32.2. The van der Waals surface area contributed by atoms with Crippen LogP contribution in [0, 0.1) is 16.2 Å². The van der Waals surface area contributed by atoms with Gasteiger partial charge in [-0.3, -0.25) is 19.2 Å². The van der Waals surface area contributed by atoms with E-state index in [1.54, 1.807) is 0 Å². The predicted molar refractivity (Wildman–Crippen MR) is 348 cm³/mol. The lowest BCUT2D eigenvalue weighted by Gasteiger charge is -2.32. The lowest BCUT2D eigenvalue weighted by molar-refractivity contribution is -0.170. The van der Waals surface area contributed by atoms with Crippen LogP contribution in [0.15, 0.2) is 71.5 Å². The highest BCUT2D eigenvalue weighted by Crippen LogP contribution is 2.44. The van der Waals surface area contributed by atoms with Crippen molar-refractivity contribution >= 4 is 23.9 Å². The van der Waals surface area contributed by atoms with Crippen molar-refractivity contribution in [2.75, 3.05) is 26.4 Å². The van der Waals surface area contributed by atoms with E-state index in [0.29, 0.717) is 5.57 Å². The minimum absolute atomic E-state index is 0.0644. The fourth-order valence-corrected chi connectivity index (χ4v) is 10.3. The molecule has 0 saturated carbocycles. The van der Waals surface area contributed by atoms with Crippen molar-refractivity contribution in [2.45, 2.75) is 257 Å². The molecule has 0 unspecified atom stereocenters. The Morgan fingerprint density at radius 2 is 0.640 bits per heavy atom. The fourth-order valence-electron chi connectivity index (χ4n) is 10.3. The molecule has 0 aromatic heterocycles. The molecule has 3 aromatic carbocycles. The molecule has 12 nitrogen and oxygen atoms in total. The molecule has 0 fully saturated rings. The third kappa shape index (κ3) is 21.7. The van der Waals surface area contributed by atoms with Gasteiger partial charge in [0.15, 0.2) is 0 Å². The smallest absolute Gasteiger partial charge is 0.306 e. The number of rotatable bonds is 22. The average molecular weight is 1190 g/mol. The zero-order chi connectivity index (χ0) is 66.1. The van der Waals surface area contributed by atoms with Gasteiger partial charge in [-0.2, -0.15) is 0 Å². The first-order valence-corrected chi connectivity index (χ1v) is 30.9. The van der Waals surface area contributed by atoms with Gasteiger partial charge in [-0.05, 0) is 137 Å². The Balaban J connectivity index is 2.13. The van der Waals surface area contributed by atoms with Gasteiger partial charge in [0.25, 0.3) is 0 Å². The summed E-state index contributed by atoms with van der Waals surface area (Å²) >= 11 is 0. The van der Waals surface area contributed by atoms with Crippen LogP contribution in [0.4, 0.5) is 0 Å². The molecule has 0 saturated heterocycles. The average Bonchev–Trinajstić information content (AvgIpc) is 0.962. The minimum atomic E-state index is -1.58. The van der Waals surface area contributed by atoms with Gasteiger partial charge >= 0.3 is 23.9 Å². The summed E-state index contributed by atoms with van der Waals surface area (Å²) in [6.45, 7) is 48.6. The fraction of sp³-hybridized carbons (Fsp3) is 0.622. The maximum Gasteiger partial charge on any atom is 0.306 e. The monoisotopic (exact) mass is 1190 g/mol. The maximum atomic E-state index is 14.1. The predicted octanol–water partition coefficient (Wildman–Crippen LogP) is 17.1. The molecule has 0 aliphatic carbocycles. The number of hydrogen-bond acceptors (Lipinski definition) is 12. The number of ether oxygens (including phenoxy) is 4. The summed E-state index contributed by atoms with van der Waals surface area (Å²) in [4.78, 5) is 56.1. The highest BCUT2D eigenvalue weighted by Gasteiger charge is 2.39. The van der Waals surface area contributed by atoms with Gasteiger partial charge in [-0.1, -0.05) is 221 Å². The van der Waals surface area contributed by atoms with Crippen molar-refractivity contribution in [1.29, 1.82) is 0 Å². The number of allylic oxidation sites excluding steroid dienone is 5. The number of aliphatic hydroxyl groups excluding tert-OH is 1. The van der Waals surface area contributed by atoms with Crippen molar-refractivity contribution in [3.8, 4) is 17.2 Å². The molecule has 0 heterocycles. The molecule has 0 aliphatic rings. The van der Waals surface area contributed by atoms with Crippen molar-refractivity contribution in [1.82, 2.24) is 0 Å². The van der Waals surface area contributed by atoms with E-state index >= 15 is 0 Å². The molecular formula is C74H112O12. The van der Waals surface area contributed by atoms with Crippen LogP contribution in [0.2, 0.25) is 0 Å². The first-order valence-electron chi connectivity index (χ1n) is 30.9. The molecule has 0 radical (unpaired) electrons. The first kappa shape index (κ1) is 74.2. The minimum Gasteiger partial charge on any atom is -0.507 e. The van der Waals surface area contributed by atoms with Crippen molar-refractivity contribution < 1.29 is 58.6 Å². The van der Waals surface area contributed by atoms with E-state index < -0.39 is 93.6 Å². The van der Waals surface area contributed by atoms with E-state index in [-0.39, 0.29) is 79.8 Å². The van der Waals surface area contributed by atoms with Gasteiger partial charge in [-0.15, -0.1) is 0 Å². The normalized spacial score (nSPS) is 13.8. The quantitative estimate of drug-likeness (QED) is 0.0323. The van der Waals surface area contributed by atoms with Crippen LogP contribution in [0.1, 0.15) is 255 Å². The van der Waals surface area contributed by atoms with E-state index in [9.17, 15) is 39.6 Å². The highest BCUT2D eigenvalue weighted by molar-refractivity contribution is 5.72. The molecule has 0 amide bonds. The summed E-state index contributed by atoms with van der Waals surface area (Å²) in [6.07, 6.45) is 6.38. The van der Waals surface area contributed by atoms with Gasteiger partial charge in [0.1, 0.15) is 54.9 Å². The number of hydrogen-bond donors (Lipinski definition) is 4. The van der Waals surface area contributed by atoms with Crippen LogP contribution in [0.25, 0.3) is 0 Å². The lowest BCUT2D eigenvalue weighted by atomic mass is 9.78. The lowest BCUT2D eigenvalue weighted by Crippen LogP contribution is -2.44. The number of phenolic OH excluding ortho intramolecular Hbond substituents is 3. The highest BCUT2D eigenvalue weighted by atomic mass is 16.6. The Labute approximate surface area is 518 Å². The molecule has 0 spiro atoms. The van der Waals surface area contributed by atoms with Crippen LogP contribution in [0.5, 0.6) is 17.2 Å². The molecule has 3 rings (SSSR count). The number of aromatic hydroxyl groups is 3. The molecule has 3 aromatic rings. The number of carbonyl (C=O) groups is 4. The zero-order valence-corrected chi connectivity index (χ0v) is 57.7. The summed E-state index contributed by atoms with van der Waals surface area (Å²) in [6, 6.07) is 11.5. The number of phenols is 3. The molecule has 4 N–H and O–H groups in total. The van der Waals surface area contributed by atoms with Crippen molar-refractivity contribution in [3.05, 3.63) is 122 Å². The maximum absolute atomic E-state index is 14.1. The van der Waals surface area contributed by atoms with Crippen LogP contribution >= 0.6 is 0 Å². The summed E-state index contributed by atoms with van der Waals surface area (Å²) in [5.74, 6) is -1.56. The van der Waals surface area contributed by atoms with Gasteiger partial charge < -0.3 is 39.4 Å². The van der Waals surface area contributed by atoms with Gasteiger partial charge in [0.2, 0.25) is 0 Å². The third-order valence-corrected chi connectivity index (χ3v) is 15.6. The zero-order valence-electron chi connectivity index (χ0n) is 57.7. The number of benzene rings is 3.